The van der Waals surface area contributed by atoms with Crippen molar-refractivity contribution in [1.29, 1.82) is 0 Å². The fraction of sp³-hybridized carbons (Fsp3) is 0.235. The van der Waals surface area contributed by atoms with Crippen molar-refractivity contribution in [1.82, 2.24) is 0 Å². The molecule has 1 N–H and O–H groups in total. The Morgan fingerprint density at radius 3 is 2.73 bits per heavy atom. The number of rotatable bonds is 5. The van der Waals surface area contributed by atoms with Crippen molar-refractivity contribution in [3.63, 3.8) is 0 Å². The van der Waals surface area contributed by atoms with Gasteiger partial charge in [0.2, 0.25) is 0 Å². The van der Waals surface area contributed by atoms with E-state index in [-0.39, 0.29) is 12.5 Å². The highest BCUT2D eigenvalue weighted by Gasteiger charge is 2.08. The van der Waals surface area contributed by atoms with E-state index < -0.39 is 0 Å². The monoisotopic (exact) mass is 381 g/mol. The summed E-state index contributed by atoms with van der Waals surface area (Å²) >= 11 is 9.46. The van der Waals surface area contributed by atoms with Crippen LogP contribution >= 0.6 is 27.5 Å². The molecule has 3 nitrogen and oxygen atoms in total. The van der Waals surface area contributed by atoms with Gasteiger partial charge in [-0.1, -0.05) is 40.5 Å². The zero-order valence-electron chi connectivity index (χ0n) is 12.5. The van der Waals surface area contributed by atoms with Crippen molar-refractivity contribution in [2.24, 2.45) is 0 Å². The van der Waals surface area contributed by atoms with E-state index in [1.54, 1.807) is 6.07 Å². The van der Waals surface area contributed by atoms with Crippen LogP contribution in [0.15, 0.2) is 40.9 Å². The number of benzene rings is 2. The van der Waals surface area contributed by atoms with Crippen molar-refractivity contribution < 1.29 is 9.53 Å². The fourth-order valence-electron chi connectivity index (χ4n) is 1.98. The van der Waals surface area contributed by atoms with E-state index in [0.717, 1.165) is 27.8 Å². The summed E-state index contributed by atoms with van der Waals surface area (Å²) in [7, 11) is 0. The highest BCUT2D eigenvalue weighted by molar-refractivity contribution is 9.10. The molecule has 2 aromatic carbocycles. The molecule has 0 bridgehead atoms. The molecule has 0 fully saturated rings. The summed E-state index contributed by atoms with van der Waals surface area (Å²) in [4.78, 5) is 12.0. The maximum atomic E-state index is 12.0. The van der Waals surface area contributed by atoms with E-state index in [1.807, 2.05) is 44.2 Å². The molecule has 0 aliphatic carbocycles. The average molecular weight is 383 g/mol. The minimum absolute atomic E-state index is 0.0415. The van der Waals surface area contributed by atoms with Crippen LogP contribution in [0.1, 0.15) is 18.1 Å². The molecule has 0 spiro atoms. The molecule has 22 heavy (non-hydrogen) atoms. The van der Waals surface area contributed by atoms with Gasteiger partial charge in [-0.05, 0) is 54.8 Å². The maximum Gasteiger partial charge on any atom is 0.262 e. The van der Waals surface area contributed by atoms with Crippen LogP contribution in [-0.4, -0.2) is 12.5 Å². The van der Waals surface area contributed by atoms with Gasteiger partial charge >= 0.3 is 0 Å². The number of amides is 1. The molecule has 116 valence electrons. The van der Waals surface area contributed by atoms with Crippen molar-refractivity contribution >= 4 is 39.1 Å². The third-order valence-corrected chi connectivity index (χ3v) is 4.12. The summed E-state index contributed by atoms with van der Waals surface area (Å²) < 4.78 is 6.60. The van der Waals surface area contributed by atoms with Crippen LogP contribution in [0.3, 0.4) is 0 Å². The molecule has 0 saturated carbocycles. The Bertz CT molecular complexity index is 688. The largest absolute Gasteiger partial charge is 0.483 e. The molecule has 0 aromatic heterocycles. The molecule has 0 atom stereocenters. The second-order valence-electron chi connectivity index (χ2n) is 4.91. The van der Waals surface area contributed by atoms with Gasteiger partial charge in [0.05, 0.1) is 0 Å². The molecule has 1 amide bonds. The highest BCUT2D eigenvalue weighted by Crippen LogP contribution is 2.24. The number of anilines is 1. The molecule has 0 radical (unpaired) electrons. The molecule has 5 heteroatoms. The molecule has 2 rings (SSSR count). The SMILES string of the molecule is CCc1cc(Br)ccc1OCC(=O)Nc1ccc(C)c(Cl)c1. The van der Waals surface area contributed by atoms with Crippen LogP contribution < -0.4 is 10.1 Å². The van der Waals surface area contributed by atoms with Gasteiger partial charge in [-0.2, -0.15) is 0 Å². The summed E-state index contributed by atoms with van der Waals surface area (Å²) in [6.07, 6.45) is 0.837. The number of aryl methyl sites for hydroxylation is 2. The van der Waals surface area contributed by atoms with Gasteiger partial charge in [0.25, 0.3) is 5.91 Å². The first kappa shape index (κ1) is 16.8. The van der Waals surface area contributed by atoms with E-state index in [4.69, 9.17) is 16.3 Å². The van der Waals surface area contributed by atoms with Gasteiger partial charge in [0.1, 0.15) is 5.75 Å². The lowest BCUT2D eigenvalue weighted by atomic mass is 10.1. The lowest BCUT2D eigenvalue weighted by molar-refractivity contribution is -0.118. The van der Waals surface area contributed by atoms with Gasteiger partial charge in [-0.25, -0.2) is 0 Å². The van der Waals surface area contributed by atoms with E-state index in [9.17, 15) is 4.79 Å². The summed E-state index contributed by atoms with van der Waals surface area (Å²) in [6, 6.07) is 11.2. The Hall–Kier alpha value is -1.52. The van der Waals surface area contributed by atoms with Gasteiger partial charge < -0.3 is 10.1 Å². The first-order valence-electron chi connectivity index (χ1n) is 6.97. The smallest absolute Gasteiger partial charge is 0.262 e. The van der Waals surface area contributed by atoms with E-state index >= 15 is 0 Å². The van der Waals surface area contributed by atoms with Crippen LogP contribution in [0.25, 0.3) is 0 Å². The second-order valence-corrected chi connectivity index (χ2v) is 6.23. The summed E-state index contributed by atoms with van der Waals surface area (Å²) in [6.45, 7) is 3.92. The Kier molecular flexibility index (Phi) is 5.86. The van der Waals surface area contributed by atoms with Crippen molar-refractivity contribution in [2.75, 3.05) is 11.9 Å². The van der Waals surface area contributed by atoms with Crippen molar-refractivity contribution in [3.05, 3.63) is 57.0 Å². The molecule has 0 aliphatic heterocycles. The van der Waals surface area contributed by atoms with Crippen molar-refractivity contribution in [3.8, 4) is 5.75 Å². The lowest BCUT2D eigenvalue weighted by Gasteiger charge is -2.11. The standard InChI is InChI=1S/C17H17BrClNO2/c1-3-12-8-13(18)5-7-16(12)22-10-17(21)20-14-6-4-11(2)15(19)9-14/h4-9H,3,10H2,1-2H3,(H,20,21). The number of ether oxygens (including phenoxy) is 1. The predicted molar refractivity (Wildman–Crippen MR) is 93.8 cm³/mol. The molecular weight excluding hydrogens is 366 g/mol. The molecule has 0 saturated heterocycles. The number of carbonyl (C=O) groups excluding carboxylic acids is 1. The summed E-state index contributed by atoms with van der Waals surface area (Å²) in [5, 5.41) is 3.40. The molecule has 0 aliphatic rings. The van der Waals surface area contributed by atoms with Gasteiger partial charge in [-0.15, -0.1) is 0 Å². The number of halogens is 2. The molecule has 0 unspecified atom stereocenters. The number of hydrogen-bond donors (Lipinski definition) is 1. The molecular formula is C17H17BrClNO2. The third kappa shape index (κ3) is 4.49. The number of carbonyl (C=O) groups is 1. The zero-order chi connectivity index (χ0) is 16.1. The lowest BCUT2D eigenvalue weighted by Crippen LogP contribution is -2.20. The fourth-order valence-corrected chi connectivity index (χ4v) is 2.57. The average Bonchev–Trinajstić information content (AvgIpc) is 2.49. The Balaban J connectivity index is 1.96. The van der Waals surface area contributed by atoms with Crippen molar-refractivity contribution in [2.45, 2.75) is 20.3 Å². The Morgan fingerprint density at radius 2 is 2.05 bits per heavy atom. The quantitative estimate of drug-likeness (QED) is 0.791. The van der Waals surface area contributed by atoms with Crippen LogP contribution in [0.5, 0.6) is 5.75 Å². The maximum absolute atomic E-state index is 12.0. The minimum Gasteiger partial charge on any atom is -0.483 e. The third-order valence-electron chi connectivity index (χ3n) is 3.22. The van der Waals surface area contributed by atoms with Crippen LogP contribution in [0, 0.1) is 6.92 Å². The number of nitrogens with one attached hydrogen (secondary N) is 1. The van der Waals surface area contributed by atoms with Crippen LogP contribution in [0.4, 0.5) is 5.69 Å². The van der Waals surface area contributed by atoms with E-state index in [2.05, 4.69) is 21.2 Å². The van der Waals surface area contributed by atoms with Crippen LogP contribution in [-0.2, 0) is 11.2 Å². The minimum atomic E-state index is -0.218. The molecule has 0 heterocycles. The summed E-state index contributed by atoms with van der Waals surface area (Å²) in [5.41, 5.74) is 2.69. The molecule has 2 aromatic rings. The van der Waals surface area contributed by atoms with E-state index in [1.165, 1.54) is 0 Å². The van der Waals surface area contributed by atoms with Crippen LogP contribution in [0.2, 0.25) is 5.02 Å². The first-order valence-corrected chi connectivity index (χ1v) is 8.14. The highest BCUT2D eigenvalue weighted by atomic mass is 79.9. The van der Waals surface area contributed by atoms with Gasteiger partial charge in [0.15, 0.2) is 6.61 Å². The zero-order valence-corrected chi connectivity index (χ0v) is 14.8. The normalized spacial score (nSPS) is 10.4. The van der Waals surface area contributed by atoms with Gasteiger partial charge in [0, 0.05) is 15.2 Å². The second kappa shape index (κ2) is 7.65. The summed E-state index contributed by atoms with van der Waals surface area (Å²) in [5.74, 6) is 0.507. The number of hydrogen-bond acceptors (Lipinski definition) is 2. The first-order chi connectivity index (χ1) is 10.5. The Labute approximate surface area is 143 Å². The Morgan fingerprint density at radius 1 is 1.27 bits per heavy atom. The predicted octanol–water partition coefficient (Wildman–Crippen LogP) is 4.99. The topological polar surface area (TPSA) is 38.3 Å². The van der Waals surface area contributed by atoms with Gasteiger partial charge in [-0.3, -0.25) is 4.79 Å². The van der Waals surface area contributed by atoms with E-state index in [0.29, 0.717) is 10.7 Å².